The van der Waals surface area contributed by atoms with Crippen LogP contribution < -0.4 is 19.3 Å². The number of anilines is 6. The molecule has 0 saturated heterocycles. The number of hydrogen-bond acceptors (Lipinski definition) is 4. The Labute approximate surface area is 336 Å². The highest BCUT2D eigenvalue weighted by atomic mass is 16.5. The molecular formula is C52H40N4O2. The largest absolute Gasteiger partial charge is 0.453 e. The molecule has 0 bridgehead atoms. The van der Waals surface area contributed by atoms with Gasteiger partial charge in [0.15, 0.2) is 23.0 Å². The Morgan fingerprint density at radius 2 is 0.759 bits per heavy atom. The molecule has 2 aromatic heterocycles. The van der Waals surface area contributed by atoms with Crippen molar-refractivity contribution in [2.45, 2.75) is 39.8 Å². The lowest BCUT2D eigenvalue weighted by atomic mass is 10.0. The lowest BCUT2D eigenvalue weighted by Gasteiger charge is -2.34. The first-order chi connectivity index (χ1) is 28.4. The molecule has 0 amide bonds. The van der Waals surface area contributed by atoms with Crippen molar-refractivity contribution >= 4 is 88.5 Å². The number of aromatic nitrogens is 2. The summed E-state index contributed by atoms with van der Waals surface area (Å²) < 4.78 is 18.3. The van der Waals surface area contributed by atoms with Gasteiger partial charge in [-0.05, 0) is 123 Å². The Morgan fingerprint density at radius 1 is 0.345 bits per heavy atom. The molecule has 0 saturated carbocycles. The monoisotopic (exact) mass is 752 g/mol. The van der Waals surface area contributed by atoms with Crippen LogP contribution in [0.1, 0.15) is 39.8 Å². The van der Waals surface area contributed by atoms with Crippen LogP contribution in [0.5, 0.6) is 23.0 Å². The summed E-state index contributed by atoms with van der Waals surface area (Å²) in [4.78, 5) is 4.72. The number of rotatable bonds is 4. The molecular weight excluding hydrogens is 713 g/mol. The van der Waals surface area contributed by atoms with Crippen LogP contribution in [-0.2, 0) is 0 Å². The van der Waals surface area contributed by atoms with E-state index in [1.54, 1.807) is 0 Å². The van der Waals surface area contributed by atoms with Crippen molar-refractivity contribution in [3.8, 4) is 23.0 Å². The van der Waals surface area contributed by atoms with Gasteiger partial charge in [0.1, 0.15) is 0 Å². The van der Waals surface area contributed by atoms with Gasteiger partial charge in [0.2, 0.25) is 0 Å². The summed E-state index contributed by atoms with van der Waals surface area (Å²) in [6, 6.07) is 57.3. The van der Waals surface area contributed by atoms with Gasteiger partial charge in [-0.25, -0.2) is 0 Å². The average molecular weight is 753 g/mol. The number of ether oxygens (including phenoxy) is 2. The maximum Gasteiger partial charge on any atom is 0.152 e. The van der Waals surface area contributed by atoms with E-state index in [4.69, 9.17) is 9.47 Å². The first-order valence-corrected chi connectivity index (χ1v) is 20.2. The highest BCUT2D eigenvalue weighted by Gasteiger charge is 2.30. The number of benzene rings is 8. The predicted molar refractivity (Wildman–Crippen MR) is 240 cm³/mol. The first kappa shape index (κ1) is 33.0. The number of para-hydroxylation sites is 6. The molecule has 0 N–H and O–H groups in total. The summed E-state index contributed by atoms with van der Waals surface area (Å²) >= 11 is 0. The second-order valence-corrected chi connectivity index (χ2v) is 16.2. The second-order valence-electron chi connectivity index (χ2n) is 16.2. The molecule has 2 aliphatic heterocycles. The Kier molecular flexibility index (Phi) is 6.92. The van der Waals surface area contributed by atoms with E-state index in [0.29, 0.717) is 0 Å². The molecule has 0 spiro atoms. The fourth-order valence-corrected chi connectivity index (χ4v) is 9.66. The second kappa shape index (κ2) is 12.2. The van der Waals surface area contributed by atoms with Gasteiger partial charge < -0.3 is 28.4 Å². The number of nitrogens with zero attached hydrogens (tertiary/aromatic N) is 4. The quantitative estimate of drug-likeness (QED) is 0.179. The van der Waals surface area contributed by atoms with Crippen molar-refractivity contribution in [2.75, 3.05) is 9.80 Å². The van der Waals surface area contributed by atoms with Crippen LogP contribution >= 0.6 is 0 Å². The third-order valence-electron chi connectivity index (χ3n) is 12.1. The van der Waals surface area contributed by atoms with E-state index < -0.39 is 0 Å². The highest BCUT2D eigenvalue weighted by molar-refractivity contribution is 6.12. The van der Waals surface area contributed by atoms with E-state index in [1.165, 1.54) is 43.6 Å². The summed E-state index contributed by atoms with van der Waals surface area (Å²) in [6.45, 7) is 9.03. The van der Waals surface area contributed by atoms with Crippen molar-refractivity contribution < 1.29 is 9.47 Å². The van der Waals surface area contributed by atoms with Crippen molar-refractivity contribution in [1.82, 2.24) is 9.13 Å². The smallest absolute Gasteiger partial charge is 0.152 e. The molecule has 280 valence electrons. The van der Waals surface area contributed by atoms with Gasteiger partial charge in [0, 0.05) is 56.0 Å². The van der Waals surface area contributed by atoms with Gasteiger partial charge in [-0.1, -0.05) is 72.8 Å². The van der Waals surface area contributed by atoms with Gasteiger partial charge in [0.25, 0.3) is 0 Å². The van der Waals surface area contributed by atoms with E-state index in [0.717, 1.165) is 67.9 Å². The van der Waals surface area contributed by atoms with Crippen LogP contribution in [0.2, 0.25) is 0 Å². The van der Waals surface area contributed by atoms with Gasteiger partial charge in [0.05, 0.1) is 33.8 Å². The van der Waals surface area contributed by atoms with E-state index >= 15 is 0 Å². The summed E-state index contributed by atoms with van der Waals surface area (Å²) in [5, 5.41) is 7.18. The summed E-state index contributed by atoms with van der Waals surface area (Å²) in [5.41, 5.74) is 11.1. The highest BCUT2D eigenvalue weighted by Crippen LogP contribution is 2.55. The molecule has 12 rings (SSSR count). The molecule has 6 heteroatoms. The summed E-state index contributed by atoms with van der Waals surface area (Å²) in [6.07, 6.45) is 0. The zero-order valence-corrected chi connectivity index (χ0v) is 32.8. The molecule has 0 radical (unpaired) electrons. The minimum absolute atomic E-state index is 0.289. The third-order valence-corrected chi connectivity index (χ3v) is 12.1. The summed E-state index contributed by atoms with van der Waals surface area (Å²) in [5.74, 6) is 3.38. The minimum atomic E-state index is 0.289. The Bertz CT molecular complexity index is 3110. The Balaban J connectivity index is 1.01. The molecule has 58 heavy (non-hydrogen) atoms. The SMILES string of the molecule is CC(C)n1c2ccccc2c2cc3c(cc21)N(c1ccc2cc(N4c5ccccc5Oc5cc6c7ccccc7n(C(C)C)c6cc54)ccc2c1)c1ccccc1O3. The molecule has 6 nitrogen and oxygen atoms in total. The number of fused-ring (bicyclic) bond motifs is 11. The van der Waals surface area contributed by atoms with E-state index in [9.17, 15) is 0 Å². The Hall–Kier alpha value is -7.18. The topological polar surface area (TPSA) is 34.8 Å². The van der Waals surface area contributed by atoms with Crippen molar-refractivity contribution in [2.24, 2.45) is 0 Å². The fourth-order valence-electron chi connectivity index (χ4n) is 9.66. The minimum Gasteiger partial charge on any atom is -0.453 e. The predicted octanol–water partition coefficient (Wildman–Crippen LogP) is 15.4. The normalized spacial score (nSPS) is 13.3. The molecule has 0 fully saturated rings. The van der Waals surface area contributed by atoms with E-state index in [-0.39, 0.29) is 12.1 Å². The van der Waals surface area contributed by atoms with E-state index in [2.05, 4.69) is 192 Å². The van der Waals surface area contributed by atoms with Crippen molar-refractivity contribution in [1.29, 1.82) is 0 Å². The maximum atomic E-state index is 6.68. The van der Waals surface area contributed by atoms with Gasteiger partial charge >= 0.3 is 0 Å². The lowest BCUT2D eigenvalue weighted by Crippen LogP contribution is -2.16. The zero-order chi connectivity index (χ0) is 38.8. The fraction of sp³-hybridized carbons (Fsp3) is 0.115. The molecule has 0 unspecified atom stereocenters. The maximum absolute atomic E-state index is 6.68. The van der Waals surface area contributed by atoms with Crippen LogP contribution in [0, 0.1) is 0 Å². The van der Waals surface area contributed by atoms with Crippen LogP contribution in [0.25, 0.3) is 54.4 Å². The summed E-state index contributed by atoms with van der Waals surface area (Å²) in [7, 11) is 0. The molecule has 10 aromatic rings. The van der Waals surface area contributed by atoms with Crippen LogP contribution in [0.4, 0.5) is 34.1 Å². The molecule has 4 heterocycles. The molecule has 0 aliphatic carbocycles. The standard InChI is InChI=1S/C52H40N4O2/c1-31(2)53-41-15-7-5-13-37(41)39-27-51-47(29-45(39)53)55(43-17-9-11-19-49(43)57-51)35-23-21-34-26-36(24-22-33(34)25-35)56-44-18-10-12-20-50(44)58-52-28-40-38-14-6-8-16-42(38)54(32(3)4)46(40)30-48(52)56/h5-32H,1-4H3. The van der Waals surface area contributed by atoms with Crippen LogP contribution in [-0.4, -0.2) is 9.13 Å². The lowest BCUT2D eigenvalue weighted by molar-refractivity contribution is 0.477. The Morgan fingerprint density at radius 3 is 1.21 bits per heavy atom. The third kappa shape index (κ3) is 4.66. The molecule has 2 aliphatic rings. The zero-order valence-electron chi connectivity index (χ0n) is 32.8. The number of hydrogen-bond donors (Lipinski definition) is 0. The molecule has 8 aromatic carbocycles. The van der Waals surface area contributed by atoms with Gasteiger partial charge in [-0.2, -0.15) is 0 Å². The van der Waals surface area contributed by atoms with E-state index in [1.807, 2.05) is 12.1 Å². The van der Waals surface area contributed by atoms with Crippen molar-refractivity contribution in [3.05, 3.63) is 158 Å². The van der Waals surface area contributed by atoms with Gasteiger partial charge in [-0.15, -0.1) is 0 Å². The average Bonchev–Trinajstić information content (AvgIpc) is 3.75. The van der Waals surface area contributed by atoms with Gasteiger partial charge in [-0.3, -0.25) is 0 Å². The van der Waals surface area contributed by atoms with Crippen molar-refractivity contribution in [3.63, 3.8) is 0 Å². The van der Waals surface area contributed by atoms with Crippen LogP contribution in [0.15, 0.2) is 158 Å². The van der Waals surface area contributed by atoms with Crippen LogP contribution in [0.3, 0.4) is 0 Å². The first-order valence-electron chi connectivity index (χ1n) is 20.2. The molecule has 0 atom stereocenters.